The van der Waals surface area contributed by atoms with Gasteiger partial charge in [-0.1, -0.05) is 0 Å². The largest absolute Gasteiger partial charge is 0.477 e. The van der Waals surface area contributed by atoms with Gasteiger partial charge in [0.05, 0.1) is 17.6 Å². The topological polar surface area (TPSA) is 44.2 Å². The molecule has 19 heavy (non-hydrogen) atoms. The molecule has 0 aromatic carbocycles. The summed E-state index contributed by atoms with van der Waals surface area (Å²) < 4.78 is 11.1. The first-order chi connectivity index (χ1) is 8.91. The van der Waals surface area contributed by atoms with Crippen LogP contribution in [-0.4, -0.2) is 29.3 Å². The first-order valence-corrected chi connectivity index (χ1v) is 7.22. The molecule has 6 heteroatoms. The maximum absolute atomic E-state index is 5.91. The Morgan fingerprint density at radius 3 is 2.79 bits per heavy atom. The van der Waals surface area contributed by atoms with Gasteiger partial charge in [0, 0.05) is 18.4 Å². The summed E-state index contributed by atoms with van der Waals surface area (Å²) in [5.41, 5.74) is -0.208. The lowest BCUT2D eigenvalue weighted by atomic mass is 10.1. The number of halogens is 1. The first-order valence-electron chi connectivity index (χ1n) is 6.03. The molecule has 0 amide bonds. The second-order valence-corrected chi connectivity index (χ2v) is 6.51. The van der Waals surface area contributed by atoms with Gasteiger partial charge >= 0.3 is 0 Å². The predicted octanol–water partition coefficient (Wildman–Crippen LogP) is 3.85. The SMILES string of the molecule is COC(C)(C)CCOc1nc(Cl)nc2sc(C)cc12. The molecule has 0 aliphatic carbocycles. The zero-order valence-electron chi connectivity index (χ0n) is 11.5. The molecular weight excluding hydrogens is 284 g/mol. The lowest BCUT2D eigenvalue weighted by molar-refractivity contribution is 0.00522. The molecule has 0 fully saturated rings. The molecule has 0 spiro atoms. The third-order valence-corrected chi connectivity index (χ3v) is 4.06. The summed E-state index contributed by atoms with van der Waals surface area (Å²) in [7, 11) is 1.70. The van der Waals surface area contributed by atoms with Crippen LogP contribution in [0, 0.1) is 6.92 Å². The molecule has 0 saturated heterocycles. The number of thiophene rings is 1. The van der Waals surface area contributed by atoms with Crippen LogP contribution in [-0.2, 0) is 4.74 Å². The number of ether oxygens (including phenoxy) is 2. The number of fused-ring (bicyclic) bond motifs is 1. The molecule has 2 aromatic heterocycles. The van der Waals surface area contributed by atoms with E-state index in [1.165, 1.54) is 0 Å². The highest BCUT2D eigenvalue weighted by Crippen LogP contribution is 2.31. The van der Waals surface area contributed by atoms with E-state index in [0.717, 1.165) is 21.5 Å². The third-order valence-electron chi connectivity index (χ3n) is 2.95. The normalized spacial score (nSPS) is 12.1. The Bertz CT molecular complexity index is 583. The fourth-order valence-electron chi connectivity index (χ4n) is 1.60. The van der Waals surface area contributed by atoms with E-state index >= 15 is 0 Å². The van der Waals surface area contributed by atoms with Gasteiger partial charge in [0.25, 0.3) is 0 Å². The van der Waals surface area contributed by atoms with Gasteiger partial charge < -0.3 is 9.47 Å². The summed E-state index contributed by atoms with van der Waals surface area (Å²) in [6.07, 6.45) is 0.774. The molecule has 0 N–H and O–H groups in total. The molecule has 0 atom stereocenters. The summed E-state index contributed by atoms with van der Waals surface area (Å²) in [6, 6.07) is 2.02. The van der Waals surface area contributed by atoms with Crippen LogP contribution in [0.5, 0.6) is 5.88 Å². The van der Waals surface area contributed by atoms with E-state index in [4.69, 9.17) is 21.1 Å². The summed E-state index contributed by atoms with van der Waals surface area (Å²) in [4.78, 5) is 10.4. The minimum absolute atomic E-state index is 0.208. The van der Waals surface area contributed by atoms with Crippen molar-refractivity contribution in [3.8, 4) is 5.88 Å². The maximum atomic E-state index is 5.91. The Labute approximate surface area is 121 Å². The predicted molar refractivity (Wildman–Crippen MR) is 78.4 cm³/mol. The molecule has 2 aromatic rings. The minimum atomic E-state index is -0.208. The van der Waals surface area contributed by atoms with Crippen LogP contribution in [0.2, 0.25) is 5.28 Å². The highest BCUT2D eigenvalue weighted by atomic mass is 35.5. The van der Waals surface area contributed by atoms with Crippen molar-refractivity contribution in [2.45, 2.75) is 32.8 Å². The summed E-state index contributed by atoms with van der Waals surface area (Å²) >= 11 is 7.49. The molecule has 104 valence electrons. The van der Waals surface area contributed by atoms with E-state index in [2.05, 4.69) is 9.97 Å². The number of hydrogen-bond donors (Lipinski definition) is 0. The average Bonchev–Trinajstić information content (AvgIpc) is 2.69. The van der Waals surface area contributed by atoms with E-state index < -0.39 is 0 Å². The van der Waals surface area contributed by atoms with Crippen molar-refractivity contribution in [2.75, 3.05) is 13.7 Å². The van der Waals surface area contributed by atoms with Crippen LogP contribution in [0.1, 0.15) is 25.1 Å². The Morgan fingerprint density at radius 1 is 1.37 bits per heavy atom. The molecule has 2 rings (SSSR count). The van der Waals surface area contributed by atoms with Crippen molar-refractivity contribution in [3.63, 3.8) is 0 Å². The fraction of sp³-hybridized carbons (Fsp3) is 0.538. The van der Waals surface area contributed by atoms with Crippen LogP contribution >= 0.6 is 22.9 Å². The van der Waals surface area contributed by atoms with Crippen molar-refractivity contribution in [1.29, 1.82) is 0 Å². The summed E-state index contributed by atoms with van der Waals surface area (Å²) in [5, 5.41) is 1.14. The standard InChI is InChI=1S/C13H17ClN2O2S/c1-8-7-9-10(15-12(14)16-11(9)19-8)18-6-5-13(2,3)17-4/h7H,5-6H2,1-4H3. The Kier molecular flexibility index (Phi) is 4.28. The number of hydrogen-bond acceptors (Lipinski definition) is 5. The zero-order chi connectivity index (χ0) is 14.0. The van der Waals surface area contributed by atoms with Gasteiger partial charge in [0.2, 0.25) is 11.2 Å². The second kappa shape index (κ2) is 5.61. The minimum Gasteiger partial charge on any atom is -0.477 e. The molecule has 0 bridgehead atoms. The molecule has 0 aliphatic rings. The highest BCUT2D eigenvalue weighted by Gasteiger charge is 2.17. The average molecular weight is 301 g/mol. The Balaban J connectivity index is 2.16. The lowest BCUT2D eigenvalue weighted by Gasteiger charge is -2.22. The van der Waals surface area contributed by atoms with Gasteiger partial charge in [-0.2, -0.15) is 4.98 Å². The van der Waals surface area contributed by atoms with Gasteiger partial charge in [0.1, 0.15) is 4.83 Å². The molecule has 0 radical (unpaired) electrons. The van der Waals surface area contributed by atoms with E-state index in [1.807, 2.05) is 26.8 Å². The van der Waals surface area contributed by atoms with Crippen molar-refractivity contribution >= 4 is 33.2 Å². The number of methoxy groups -OCH3 is 1. The number of aryl methyl sites for hydroxylation is 1. The molecule has 0 aliphatic heterocycles. The van der Waals surface area contributed by atoms with Crippen molar-refractivity contribution < 1.29 is 9.47 Å². The van der Waals surface area contributed by atoms with Crippen LogP contribution in [0.25, 0.3) is 10.2 Å². The van der Waals surface area contributed by atoms with E-state index in [1.54, 1.807) is 18.4 Å². The van der Waals surface area contributed by atoms with Crippen molar-refractivity contribution in [3.05, 3.63) is 16.2 Å². The van der Waals surface area contributed by atoms with E-state index in [9.17, 15) is 0 Å². The lowest BCUT2D eigenvalue weighted by Crippen LogP contribution is -2.25. The second-order valence-electron chi connectivity index (χ2n) is 4.94. The molecule has 0 saturated carbocycles. The molecule has 2 heterocycles. The molecule has 0 unspecified atom stereocenters. The van der Waals surface area contributed by atoms with Gasteiger partial charge in [-0.05, 0) is 38.4 Å². The highest BCUT2D eigenvalue weighted by molar-refractivity contribution is 7.18. The van der Waals surface area contributed by atoms with E-state index in [-0.39, 0.29) is 10.9 Å². The van der Waals surface area contributed by atoms with Crippen molar-refractivity contribution in [2.24, 2.45) is 0 Å². The van der Waals surface area contributed by atoms with Gasteiger partial charge in [-0.3, -0.25) is 0 Å². The van der Waals surface area contributed by atoms with Gasteiger partial charge in [-0.15, -0.1) is 11.3 Å². The summed E-state index contributed by atoms with van der Waals surface area (Å²) in [6.45, 7) is 6.59. The van der Waals surface area contributed by atoms with Crippen LogP contribution in [0.4, 0.5) is 0 Å². The maximum Gasteiger partial charge on any atom is 0.227 e. The monoisotopic (exact) mass is 300 g/mol. The van der Waals surface area contributed by atoms with Crippen molar-refractivity contribution in [1.82, 2.24) is 9.97 Å². The molecular formula is C13H17ClN2O2S. The number of rotatable bonds is 5. The first kappa shape index (κ1) is 14.5. The smallest absolute Gasteiger partial charge is 0.227 e. The third kappa shape index (κ3) is 3.55. The number of nitrogens with zero attached hydrogens (tertiary/aromatic N) is 2. The number of aromatic nitrogens is 2. The quantitative estimate of drug-likeness (QED) is 0.787. The van der Waals surface area contributed by atoms with Gasteiger partial charge in [-0.25, -0.2) is 4.98 Å². The van der Waals surface area contributed by atoms with E-state index in [0.29, 0.717) is 12.5 Å². The fourth-order valence-corrected chi connectivity index (χ4v) is 2.68. The zero-order valence-corrected chi connectivity index (χ0v) is 13.1. The van der Waals surface area contributed by atoms with Crippen LogP contribution in [0.3, 0.4) is 0 Å². The molecule has 4 nitrogen and oxygen atoms in total. The van der Waals surface area contributed by atoms with Crippen LogP contribution < -0.4 is 4.74 Å². The Hall–Kier alpha value is -0.910. The van der Waals surface area contributed by atoms with Gasteiger partial charge in [0.15, 0.2) is 0 Å². The van der Waals surface area contributed by atoms with Crippen LogP contribution in [0.15, 0.2) is 6.07 Å². The summed E-state index contributed by atoms with van der Waals surface area (Å²) in [5.74, 6) is 0.547. The Morgan fingerprint density at radius 2 is 2.11 bits per heavy atom.